The van der Waals surface area contributed by atoms with Crippen molar-refractivity contribution in [3.63, 3.8) is 0 Å². The number of ketones is 1. The lowest BCUT2D eigenvalue weighted by molar-refractivity contribution is 0.0159. The largest absolute Gasteiger partial charge is 0.299 e. The lowest BCUT2D eigenvalue weighted by Crippen LogP contribution is -2.63. The summed E-state index contributed by atoms with van der Waals surface area (Å²) >= 11 is 5.99. The van der Waals surface area contributed by atoms with Crippen molar-refractivity contribution >= 4 is 17.4 Å². The van der Waals surface area contributed by atoms with Crippen LogP contribution in [0.4, 0.5) is 4.39 Å². The van der Waals surface area contributed by atoms with Crippen LogP contribution in [0, 0.1) is 5.82 Å². The summed E-state index contributed by atoms with van der Waals surface area (Å²) in [7, 11) is 0. The van der Waals surface area contributed by atoms with E-state index in [0.717, 1.165) is 32.7 Å². The summed E-state index contributed by atoms with van der Waals surface area (Å²) in [5, 5.41) is 0.332. The Morgan fingerprint density at radius 3 is 2.61 bits per heavy atom. The van der Waals surface area contributed by atoms with E-state index < -0.39 is 5.82 Å². The minimum Gasteiger partial charge on any atom is -0.299 e. The van der Waals surface area contributed by atoms with E-state index in [0.29, 0.717) is 10.6 Å². The van der Waals surface area contributed by atoms with Crippen molar-refractivity contribution in [1.82, 2.24) is 9.80 Å². The summed E-state index contributed by atoms with van der Waals surface area (Å²) in [6.45, 7) is 4.57. The molecule has 0 aromatic heterocycles. The van der Waals surface area contributed by atoms with Gasteiger partial charge >= 0.3 is 0 Å². The van der Waals surface area contributed by atoms with Gasteiger partial charge in [0.15, 0.2) is 5.78 Å². The van der Waals surface area contributed by atoms with Gasteiger partial charge < -0.3 is 0 Å². The SMILES string of the molecule is O=C(c1cc(F)ccc1Cl)C1CN2CCN1CC2. The Morgan fingerprint density at radius 2 is 2.00 bits per heavy atom. The summed E-state index contributed by atoms with van der Waals surface area (Å²) in [6, 6.07) is 3.78. The Bertz CT molecular complexity index is 486. The molecule has 0 radical (unpaired) electrons. The Morgan fingerprint density at radius 1 is 1.28 bits per heavy atom. The molecule has 3 fully saturated rings. The summed E-state index contributed by atoms with van der Waals surface area (Å²) in [4.78, 5) is 16.9. The van der Waals surface area contributed by atoms with Crippen molar-refractivity contribution in [3.8, 4) is 0 Å². The van der Waals surface area contributed by atoms with Crippen LogP contribution >= 0.6 is 11.6 Å². The molecule has 5 heteroatoms. The number of carbonyl (C=O) groups is 1. The van der Waals surface area contributed by atoms with Crippen molar-refractivity contribution in [2.75, 3.05) is 32.7 Å². The van der Waals surface area contributed by atoms with Crippen LogP contribution in [-0.4, -0.2) is 54.3 Å². The van der Waals surface area contributed by atoms with Gasteiger partial charge in [0.05, 0.1) is 11.1 Å². The molecule has 1 unspecified atom stereocenters. The molecule has 3 heterocycles. The normalized spacial score (nSPS) is 30.4. The van der Waals surface area contributed by atoms with Crippen LogP contribution in [0.5, 0.6) is 0 Å². The first-order chi connectivity index (χ1) is 8.65. The van der Waals surface area contributed by atoms with Crippen LogP contribution in [0.25, 0.3) is 0 Å². The molecule has 1 atom stereocenters. The van der Waals surface area contributed by atoms with Gasteiger partial charge in [-0.25, -0.2) is 4.39 Å². The quantitative estimate of drug-likeness (QED) is 0.763. The molecule has 96 valence electrons. The molecule has 18 heavy (non-hydrogen) atoms. The average molecular weight is 269 g/mol. The Kier molecular flexibility index (Phi) is 3.09. The molecule has 3 nitrogen and oxygen atoms in total. The van der Waals surface area contributed by atoms with Crippen LogP contribution in [0.3, 0.4) is 0 Å². The van der Waals surface area contributed by atoms with Gasteiger partial charge in [0.25, 0.3) is 0 Å². The molecule has 1 aromatic carbocycles. The van der Waals surface area contributed by atoms with E-state index in [4.69, 9.17) is 11.6 Å². The van der Waals surface area contributed by atoms with E-state index in [-0.39, 0.29) is 11.8 Å². The maximum Gasteiger partial charge on any atom is 0.182 e. The molecule has 3 saturated heterocycles. The predicted molar refractivity (Wildman–Crippen MR) is 67.5 cm³/mol. The van der Waals surface area contributed by atoms with E-state index in [1.807, 2.05) is 0 Å². The number of carbonyl (C=O) groups excluding carboxylic acids is 1. The maximum atomic E-state index is 13.2. The minimum absolute atomic E-state index is 0.0658. The molecule has 0 N–H and O–H groups in total. The molecule has 0 spiro atoms. The monoisotopic (exact) mass is 268 g/mol. The molecule has 0 amide bonds. The van der Waals surface area contributed by atoms with E-state index in [1.165, 1.54) is 18.2 Å². The topological polar surface area (TPSA) is 23.6 Å². The highest BCUT2D eigenvalue weighted by Gasteiger charge is 2.37. The number of hydrogen-bond acceptors (Lipinski definition) is 3. The van der Waals surface area contributed by atoms with E-state index in [2.05, 4.69) is 9.80 Å². The highest BCUT2D eigenvalue weighted by Crippen LogP contribution is 2.24. The fourth-order valence-electron chi connectivity index (χ4n) is 2.73. The van der Waals surface area contributed by atoms with E-state index in [1.54, 1.807) is 0 Å². The van der Waals surface area contributed by atoms with Crippen molar-refractivity contribution in [3.05, 3.63) is 34.6 Å². The Hall–Kier alpha value is -0.970. The van der Waals surface area contributed by atoms with Crippen molar-refractivity contribution < 1.29 is 9.18 Å². The zero-order chi connectivity index (χ0) is 12.7. The molecule has 1 aromatic rings. The lowest BCUT2D eigenvalue weighted by Gasteiger charge is -2.46. The van der Waals surface area contributed by atoms with Crippen molar-refractivity contribution in [2.24, 2.45) is 0 Å². The van der Waals surface area contributed by atoms with Gasteiger partial charge in [-0.1, -0.05) is 11.6 Å². The first-order valence-corrected chi connectivity index (χ1v) is 6.48. The smallest absolute Gasteiger partial charge is 0.182 e. The zero-order valence-electron chi connectivity index (χ0n) is 9.90. The summed E-state index contributed by atoms with van der Waals surface area (Å²) in [5.74, 6) is -0.483. The maximum absolute atomic E-state index is 13.2. The van der Waals surface area contributed by atoms with Gasteiger partial charge in [0.2, 0.25) is 0 Å². The number of benzene rings is 1. The van der Waals surface area contributed by atoms with E-state index >= 15 is 0 Å². The van der Waals surface area contributed by atoms with Crippen LogP contribution < -0.4 is 0 Å². The standard InChI is InChI=1S/C13H14ClFN2O/c14-11-2-1-9(15)7-10(11)13(18)12-8-16-3-5-17(12)6-4-16/h1-2,7,12H,3-6,8H2. The predicted octanol–water partition coefficient (Wildman–Crippen LogP) is 1.66. The fourth-order valence-corrected chi connectivity index (χ4v) is 2.94. The summed E-state index contributed by atoms with van der Waals surface area (Å²) < 4.78 is 13.2. The first kappa shape index (κ1) is 12.1. The molecule has 4 rings (SSSR count). The minimum atomic E-state index is -0.418. The van der Waals surface area contributed by atoms with Crippen LogP contribution in [-0.2, 0) is 0 Å². The number of fused-ring (bicyclic) bond motifs is 3. The van der Waals surface area contributed by atoms with Gasteiger partial charge in [-0.3, -0.25) is 14.6 Å². The molecule has 0 aliphatic carbocycles. The second-order valence-electron chi connectivity index (χ2n) is 4.84. The van der Waals surface area contributed by atoms with Crippen LogP contribution in [0.2, 0.25) is 5.02 Å². The Labute approximate surface area is 110 Å². The molecular weight excluding hydrogens is 255 g/mol. The van der Waals surface area contributed by atoms with E-state index in [9.17, 15) is 9.18 Å². The van der Waals surface area contributed by atoms with Crippen molar-refractivity contribution in [1.29, 1.82) is 0 Å². The lowest BCUT2D eigenvalue weighted by atomic mass is 9.98. The fraction of sp³-hybridized carbons (Fsp3) is 0.462. The number of nitrogens with zero attached hydrogens (tertiary/aromatic N) is 2. The number of piperazine rings is 3. The molecule has 2 bridgehead atoms. The van der Waals surface area contributed by atoms with Crippen LogP contribution in [0.15, 0.2) is 18.2 Å². The second kappa shape index (κ2) is 4.61. The average Bonchev–Trinajstić information content (AvgIpc) is 2.42. The number of hydrogen-bond donors (Lipinski definition) is 0. The number of Topliss-reactive ketones (excluding diaryl/α,β-unsaturated/α-hetero) is 1. The highest BCUT2D eigenvalue weighted by molar-refractivity contribution is 6.34. The molecule has 3 aliphatic rings. The zero-order valence-corrected chi connectivity index (χ0v) is 10.7. The summed E-state index contributed by atoms with van der Waals surface area (Å²) in [6.07, 6.45) is 0. The first-order valence-electron chi connectivity index (χ1n) is 6.11. The Balaban J connectivity index is 1.88. The second-order valence-corrected chi connectivity index (χ2v) is 5.25. The molecule has 0 saturated carbocycles. The number of halogens is 2. The van der Waals surface area contributed by atoms with Gasteiger partial charge in [-0.05, 0) is 18.2 Å². The van der Waals surface area contributed by atoms with Crippen LogP contribution in [0.1, 0.15) is 10.4 Å². The van der Waals surface area contributed by atoms with Gasteiger partial charge in [-0.2, -0.15) is 0 Å². The van der Waals surface area contributed by atoms with Gasteiger partial charge in [-0.15, -0.1) is 0 Å². The van der Waals surface area contributed by atoms with Gasteiger partial charge in [0, 0.05) is 38.3 Å². The third kappa shape index (κ3) is 2.05. The molecule has 3 aliphatic heterocycles. The summed E-state index contributed by atoms with van der Waals surface area (Å²) in [5.41, 5.74) is 0.301. The third-order valence-electron chi connectivity index (χ3n) is 3.78. The van der Waals surface area contributed by atoms with Gasteiger partial charge in [0.1, 0.15) is 5.82 Å². The third-order valence-corrected chi connectivity index (χ3v) is 4.10. The van der Waals surface area contributed by atoms with Crippen molar-refractivity contribution in [2.45, 2.75) is 6.04 Å². The number of rotatable bonds is 2. The highest BCUT2D eigenvalue weighted by atomic mass is 35.5. The molecular formula is C13H14ClFN2O.